The molecule has 2 aliphatic rings. The predicted octanol–water partition coefficient (Wildman–Crippen LogP) is 6.28. The van der Waals surface area contributed by atoms with Crippen LogP contribution in [0.4, 0.5) is 0 Å². The summed E-state index contributed by atoms with van der Waals surface area (Å²) < 4.78 is 0. The molecule has 2 aliphatic carbocycles. The van der Waals surface area contributed by atoms with E-state index in [4.69, 9.17) is 0 Å². The Balaban J connectivity index is 0.000000173. The van der Waals surface area contributed by atoms with Crippen LogP contribution in [0.3, 0.4) is 0 Å². The van der Waals surface area contributed by atoms with Crippen molar-refractivity contribution >= 4 is 34.2 Å². The predicted molar refractivity (Wildman–Crippen MR) is 104 cm³/mol. The van der Waals surface area contributed by atoms with Gasteiger partial charge in [-0.15, -0.1) is 22.7 Å². The zero-order valence-corrected chi connectivity index (χ0v) is 15.9. The summed E-state index contributed by atoms with van der Waals surface area (Å²) in [5.74, 6) is 0.741. The van der Waals surface area contributed by atoms with Crippen molar-refractivity contribution in [2.24, 2.45) is 0 Å². The van der Waals surface area contributed by atoms with Gasteiger partial charge in [0.2, 0.25) is 0 Å². The number of rotatable bonds is 2. The smallest absolute Gasteiger partial charge is 0.139 e. The monoisotopic (exact) mass is 408 g/mol. The van der Waals surface area contributed by atoms with E-state index >= 15 is 0 Å². The van der Waals surface area contributed by atoms with Crippen molar-refractivity contribution in [2.45, 2.75) is 0 Å². The van der Waals surface area contributed by atoms with Crippen molar-refractivity contribution in [1.29, 1.82) is 0 Å². The fraction of sp³-hybridized carbons (Fsp3) is 0. The molecule has 0 fully saturated rings. The van der Waals surface area contributed by atoms with Crippen LogP contribution in [-0.2, 0) is 17.1 Å². The number of allylic oxidation sites excluding steroid dienone is 10. The number of hydrogen-bond donors (Lipinski definition) is 2. The van der Waals surface area contributed by atoms with Crippen LogP contribution in [0, 0.1) is 0 Å². The Morgan fingerprint density at radius 3 is 1.28 bits per heavy atom. The third kappa shape index (κ3) is 4.97. The van der Waals surface area contributed by atoms with Gasteiger partial charge in [-0.3, -0.25) is 0 Å². The van der Waals surface area contributed by atoms with E-state index in [1.54, 1.807) is 22.7 Å². The van der Waals surface area contributed by atoms with Crippen molar-refractivity contribution < 1.29 is 27.3 Å². The largest absolute Gasteiger partial charge is 0.506 e. The van der Waals surface area contributed by atoms with Crippen molar-refractivity contribution in [2.75, 3.05) is 0 Å². The molecule has 2 nitrogen and oxygen atoms in total. The van der Waals surface area contributed by atoms with E-state index < -0.39 is 0 Å². The van der Waals surface area contributed by atoms with Gasteiger partial charge in [-0.25, -0.2) is 0 Å². The average Bonchev–Trinajstić information content (AvgIpc) is 3.43. The molecule has 2 N–H and O–H groups in total. The molecule has 5 heteroatoms. The molecule has 0 aromatic carbocycles. The number of aliphatic hydroxyl groups is 2. The Labute approximate surface area is 165 Å². The molecule has 0 spiro atoms. The topological polar surface area (TPSA) is 40.5 Å². The molecule has 0 bridgehead atoms. The normalized spacial score (nSPS) is 13.6. The molecule has 0 aliphatic heterocycles. The fourth-order valence-corrected chi connectivity index (χ4v) is 3.56. The summed E-state index contributed by atoms with van der Waals surface area (Å²) >= 11 is 3.08. The van der Waals surface area contributed by atoms with Gasteiger partial charge < -0.3 is 10.2 Å². The minimum atomic E-state index is 0. The third-order valence-corrected chi connectivity index (χ3v) is 5.13. The Bertz CT molecular complexity index is 763. The van der Waals surface area contributed by atoms with Crippen LogP contribution in [0.1, 0.15) is 9.75 Å². The van der Waals surface area contributed by atoms with Crippen molar-refractivity contribution in [3.63, 3.8) is 0 Å². The standard InChI is InChI=1S/2C10H8OS.Fe/c2*11-10(8-4-1-2-5-8)9-6-3-7-12-9;/h2*1-7,11H;. The number of thiophene rings is 2. The Kier molecular flexibility index (Phi) is 7.29. The van der Waals surface area contributed by atoms with E-state index in [2.05, 4.69) is 0 Å². The van der Waals surface area contributed by atoms with E-state index in [1.807, 2.05) is 83.6 Å². The van der Waals surface area contributed by atoms with Gasteiger partial charge in [0.05, 0.1) is 9.75 Å². The quantitative estimate of drug-likeness (QED) is 0.453. The molecule has 25 heavy (non-hydrogen) atoms. The zero-order valence-electron chi connectivity index (χ0n) is 13.1. The summed E-state index contributed by atoms with van der Waals surface area (Å²) in [5.41, 5.74) is 1.77. The summed E-state index contributed by atoms with van der Waals surface area (Å²) in [5, 5.41) is 23.3. The molecule has 128 valence electrons. The van der Waals surface area contributed by atoms with Gasteiger partial charge in [-0.05, 0) is 22.9 Å². The molecule has 2 aromatic heterocycles. The van der Waals surface area contributed by atoms with E-state index in [9.17, 15) is 10.2 Å². The molecule has 2 aromatic rings. The Morgan fingerprint density at radius 1 is 0.640 bits per heavy atom. The maximum Gasteiger partial charge on any atom is 0.139 e. The summed E-state index contributed by atoms with van der Waals surface area (Å²) in [7, 11) is 0. The maximum atomic E-state index is 9.70. The van der Waals surface area contributed by atoms with E-state index in [0.717, 1.165) is 20.9 Å². The van der Waals surface area contributed by atoms with Crippen LogP contribution in [0.5, 0.6) is 0 Å². The van der Waals surface area contributed by atoms with Crippen LogP contribution in [0.2, 0.25) is 0 Å². The number of hydrogen-bond acceptors (Lipinski definition) is 4. The molecule has 4 rings (SSSR count). The van der Waals surface area contributed by atoms with E-state index in [1.165, 1.54) is 0 Å². The first-order valence-electron chi connectivity index (χ1n) is 7.39. The summed E-state index contributed by atoms with van der Waals surface area (Å²) in [6.07, 6.45) is 15.3. The first-order valence-corrected chi connectivity index (χ1v) is 9.15. The van der Waals surface area contributed by atoms with E-state index in [-0.39, 0.29) is 17.1 Å². The molecule has 0 saturated carbocycles. The molecule has 0 unspecified atom stereocenters. The molecular formula is C20H16FeO2S2. The van der Waals surface area contributed by atoms with Crippen molar-refractivity contribution in [3.8, 4) is 0 Å². The zero-order chi connectivity index (χ0) is 16.8. The van der Waals surface area contributed by atoms with Gasteiger partial charge >= 0.3 is 0 Å². The van der Waals surface area contributed by atoms with Crippen LogP contribution in [0.25, 0.3) is 11.5 Å². The van der Waals surface area contributed by atoms with Gasteiger partial charge in [-0.2, -0.15) is 0 Å². The molecule has 0 atom stereocenters. The third-order valence-electron chi connectivity index (χ3n) is 3.38. The van der Waals surface area contributed by atoms with Gasteiger partial charge in [0.15, 0.2) is 0 Å². The molecular weight excluding hydrogens is 392 g/mol. The first-order chi connectivity index (χ1) is 11.8. The van der Waals surface area contributed by atoms with Crippen LogP contribution in [-0.4, -0.2) is 10.2 Å². The molecule has 0 radical (unpaired) electrons. The van der Waals surface area contributed by atoms with Gasteiger partial charge in [-0.1, -0.05) is 60.7 Å². The Hall–Kier alpha value is -2.04. The maximum absolute atomic E-state index is 9.70. The van der Waals surface area contributed by atoms with Crippen LogP contribution in [0.15, 0.2) is 94.8 Å². The minimum absolute atomic E-state index is 0. The fourth-order valence-electron chi connectivity index (χ4n) is 2.17. The van der Waals surface area contributed by atoms with Crippen molar-refractivity contribution in [3.05, 3.63) is 105 Å². The second kappa shape index (κ2) is 9.44. The average molecular weight is 408 g/mol. The summed E-state index contributed by atoms with van der Waals surface area (Å²) in [6.45, 7) is 0. The van der Waals surface area contributed by atoms with Gasteiger partial charge in [0.1, 0.15) is 11.5 Å². The first kappa shape index (κ1) is 19.3. The minimum Gasteiger partial charge on any atom is -0.506 e. The Morgan fingerprint density at radius 2 is 1.00 bits per heavy atom. The second-order valence-corrected chi connectivity index (χ2v) is 6.89. The SMILES string of the molecule is OC(=C1C=CC=C1)c1cccs1.OC(=C1C=CC=C1)c1cccs1.[Fe]. The van der Waals surface area contributed by atoms with Crippen molar-refractivity contribution in [1.82, 2.24) is 0 Å². The molecule has 0 saturated heterocycles. The van der Waals surface area contributed by atoms with Gasteiger partial charge in [0, 0.05) is 28.2 Å². The summed E-state index contributed by atoms with van der Waals surface area (Å²) in [6, 6.07) is 7.68. The molecule has 2 heterocycles. The number of aliphatic hydroxyl groups excluding tert-OH is 2. The molecule has 0 amide bonds. The van der Waals surface area contributed by atoms with Crippen LogP contribution >= 0.6 is 22.7 Å². The second-order valence-electron chi connectivity index (χ2n) is 5.00. The van der Waals surface area contributed by atoms with Gasteiger partial charge in [0.25, 0.3) is 0 Å². The summed E-state index contributed by atoms with van der Waals surface area (Å²) in [4.78, 5) is 1.84. The van der Waals surface area contributed by atoms with Crippen LogP contribution < -0.4 is 0 Å². The van der Waals surface area contributed by atoms with E-state index in [0.29, 0.717) is 11.5 Å².